The fraction of sp³-hybridized carbons (Fsp3) is 0.944. The van der Waals surface area contributed by atoms with Gasteiger partial charge in [0.25, 0.3) is 0 Å². The molecule has 0 aromatic rings. The average Bonchev–Trinajstić information content (AvgIpc) is 3.44. The van der Waals surface area contributed by atoms with Crippen molar-refractivity contribution in [2.75, 3.05) is 13.2 Å². The van der Waals surface area contributed by atoms with Crippen molar-refractivity contribution >= 4 is 11.9 Å². The van der Waals surface area contributed by atoms with Gasteiger partial charge in [-0.15, -0.1) is 0 Å². The lowest BCUT2D eigenvalue weighted by molar-refractivity contribution is -0.143. The van der Waals surface area contributed by atoms with Crippen LogP contribution in [0.15, 0.2) is 12.2 Å². The van der Waals surface area contributed by atoms with E-state index in [1.54, 1.807) is 6.08 Å². The summed E-state index contributed by atoms with van der Waals surface area (Å²) < 4.78 is 5.51. The molecule has 0 radical (unpaired) electrons. The van der Waals surface area contributed by atoms with Gasteiger partial charge in [-0.05, 0) is 32.1 Å². The first-order valence-electron chi connectivity index (χ1n) is 36.0. The highest BCUT2D eigenvalue weighted by Gasteiger charge is 2.18. The van der Waals surface area contributed by atoms with E-state index in [2.05, 4.69) is 19.2 Å². The van der Waals surface area contributed by atoms with E-state index < -0.39 is 12.1 Å². The smallest absolute Gasteiger partial charge is 0.305 e. The lowest BCUT2D eigenvalue weighted by atomic mass is 10.0. The number of carbonyl (C=O) groups excluding carboxylic acids is 2. The Kier molecular flexibility index (Phi) is 66.9. The molecular formula is C72H141NO5. The van der Waals surface area contributed by atoms with E-state index in [0.29, 0.717) is 19.4 Å². The highest BCUT2D eigenvalue weighted by Crippen LogP contribution is 2.19. The molecule has 0 aliphatic heterocycles. The van der Waals surface area contributed by atoms with Crippen LogP contribution in [0.2, 0.25) is 0 Å². The molecule has 0 saturated carbocycles. The van der Waals surface area contributed by atoms with Crippen molar-refractivity contribution in [3.8, 4) is 0 Å². The minimum Gasteiger partial charge on any atom is -0.466 e. The molecule has 6 nitrogen and oxygen atoms in total. The molecule has 0 heterocycles. The number of allylic oxidation sites excluding steroid dienone is 1. The van der Waals surface area contributed by atoms with Crippen LogP contribution >= 0.6 is 0 Å². The molecule has 464 valence electrons. The molecular weight excluding hydrogens is 959 g/mol. The number of aliphatic hydroxyl groups excluding tert-OH is 2. The standard InChI is InChI=1S/C72H141NO5/c1-3-5-7-9-11-13-15-17-19-21-33-36-40-44-48-52-56-60-64-70(75)69(68-74)73-71(76)65-61-57-53-49-45-41-37-34-31-29-27-25-23-22-24-26-28-30-32-35-39-43-47-51-55-59-63-67-78-72(77)66-62-58-54-50-46-42-38-20-18-16-14-12-10-8-6-4-2/h60,64,69-70,74-75H,3-59,61-63,65-68H2,1-2H3,(H,73,76)/b64-60+. The van der Waals surface area contributed by atoms with Gasteiger partial charge < -0.3 is 20.3 Å². The molecule has 2 unspecified atom stereocenters. The molecule has 1 amide bonds. The van der Waals surface area contributed by atoms with Crippen LogP contribution in [-0.4, -0.2) is 47.4 Å². The van der Waals surface area contributed by atoms with Gasteiger partial charge in [0.05, 0.1) is 25.4 Å². The topological polar surface area (TPSA) is 95.9 Å². The van der Waals surface area contributed by atoms with Gasteiger partial charge in [-0.2, -0.15) is 0 Å². The van der Waals surface area contributed by atoms with Crippen LogP contribution in [0.1, 0.15) is 412 Å². The van der Waals surface area contributed by atoms with Gasteiger partial charge in [-0.3, -0.25) is 9.59 Å². The molecule has 0 spiro atoms. The van der Waals surface area contributed by atoms with Gasteiger partial charge in [0, 0.05) is 12.8 Å². The molecule has 0 aliphatic carbocycles. The van der Waals surface area contributed by atoms with E-state index in [1.807, 2.05) is 6.08 Å². The molecule has 2 atom stereocenters. The van der Waals surface area contributed by atoms with E-state index in [4.69, 9.17) is 4.74 Å². The molecule has 0 aromatic carbocycles. The van der Waals surface area contributed by atoms with Crippen molar-refractivity contribution in [1.29, 1.82) is 0 Å². The zero-order valence-corrected chi connectivity index (χ0v) is 53.2. The Balaban J connectivity index is 3.35. The van der Waals surface area contributed by atoms with Crippen LogP contribution in [0.25, 0.3) is 0 Å². The summed E-state index contributed by atoms with van der Waals surface area (Å²) in [5.41, 5.74) is 0. The predicted octanol–water partition coefficient (Wildman–Crippen LogP) is 23.1. The number of carbonyl (C=O) groups is 2. The van der Waals surface area contributed by atoms with Crippen molar-refractivity contribution in [3.63, 3.8) is 0 Å². The molecule has 78 heavy (non-hydrogen) atoms. The third-order valence-corrected chi connectivity index (χ3v) is 17.1. The van der Waals surface area contributed by atoms with Crippen molar-refractivity contribution in [2.45, 2.75) is 424 Å². The zero-order valence-electron chi connectivity index (χ0n) is 53.2. The molecule has 0 fully saturated rings. The molecule has 0 saturated heterocycles. The number of hydrogen-bond donors (Lipinski definition) is 3. The van der Waals surface area contributed by atoms with E-state index in [-0.39, 0.29) is 18.5 Å². The summed E-state index contributed by atoms with van der Waals surface area (Å²) in [6.45, 7) is 4.95. The number of amides is 1. The van der Waals surface area contributed by atoms with Crippen LogP contribution in [0.3, 0.4) is 0 Å². The first-order chi connectivity index (χ1) is 38.5. The molecule has 3 N–H and O–H groups in total. The van der Waals surface area contributed by atoms with Gasteiger partial charge in [0.2, 0.25) is 5.91 Å². The van der Waals surface area contributed by atoms with E-state index in [0.717, 1.165) is 38.5 Å². The number of ether oxygens (including phenoxy) is 1. The third-order valence-electron chi connectivity index (χ3n) is 17.1. The Hall–Kier alpha value is -1.40. The van der Waals surface area contributed by atoms with Crippen LogP contribution in [0.5, 0.6) is 0 Å². The quantitative estimate of drug-likeness (QED) is 0.0320. The zero-order chi connectivity index (χ0) is 56.4. The van der Waals surface area contributed by atoms with Gasteiger partial charge >= 0.3 is 5.97 Å². The van der Waals surface area contributed by atoms with Crippen LogP contribution in [-0.2, 0) is 14.3 Å². The molecule has 6 heteroatoms. The highest BCUT2D eigenvalue weighted by atomic mass is 16.5. The van der Waals surface area contributed by atoms with Crippen LogP contribution in [0, 0.1) is 0 Å². The van der Waals surface area contributed by atoms with Crippen molar-refractivity contribution in [2.24, 2.45) is 0 Å². The van der Waals surface area contributed by atoms with Crippen LogP contribution < -0.4 is 5.32 Å². The lowest BCUT2D eigenvalue weighted by Crippen LogP contribution is -2.45. The van der Waals surface area contributed by atoms with E-state index in [9.17, 15) is 19.8 Å². The summed E-state index contributed by atoms with van der Waals surface area (Å²) in [5, 5.41) is 23.2. The number of rotatable bonds is 68. The fourth-order valence-corrected chi connectivity index (χ4v) is 11.6. The summed E-state index contributed by atoms with van der Waals surface area (Å²) >= 11 is 0. The van der Waals surface area contributed by atoms with E-state index >= 15 is 0 Å². The number of nitrogens with one attached hydrogen (secondary N) is 1. The minimum absolute atomic E-state index is 0.0222. The summed E-state index contributed by atoms with van der Waals surface area (Å²) in [6, 6.07) is -0.625. The second-order valence-corrected chi connectivity index (χ2v) is 24.9. The predicted molar refractivity (Wildman–Crippen MR) is 343 cm³/mol. The average molecular weight is 1100 g/mol. The normalized spacial score (nSPS) is 12.5. The Morgan fingerprint density at radius 2 is 0.590 bits per heavy atom. The minimum atomic E-state index is -0.842. The lowest BCUT2D eigenvalue weighted by Gasteiger charge is -2.20. The SMILES string of the molecule is CCCCCCCCCCCCCCCCCC/C=C/C(O)C(CO)NC(=O)CCCCCCCCCCCCCCCCCCCCCCCCCCCCCOC(=O)CCCCCCCCCCCCCCCCCC. The molecule has 0 aromatic heterocycles. The summed E-state index contributed by atoms with van der Waals surface area (Å²) in [5.74, 6) is -0.0390. The molecule has 0 aliphatic rings. The highest BCUT2D eigenvalue weighted by molar-refractivity contribution is 5.76. The van der Waals surface area contributed by atoms with Gasteiger partial charge in [0.1, 0.15) is 0 Å². The Morgan fingerprint density at radius 1 is 0.346 bits per heavy atom. The first kappa shape index (κ1) is 76.6. The Morgan fingerprint density at radius 3 is 0.872 bits per heavy atom. The second kappa shape index (κ2) is 68.1. The Bertz CT molecular complexity index is 1180. The molecule has 0 rings (SSSR count). The van der Waals surface area contributed by atoms with Crippen LogP contribution in [0.4, 0.5) is 0 Å². The van der Waals surface area contributed by atoms with Crippen molar-refractivity contribution < 1.29 is 24.5 Å². The number of hydrogen-bond acceptors (Lipinski definition) is 5. The fourth-order valence-electron chi connectivity index (χ4n) is 11.6. The van der Waals surface area contributed by atoms with E-state index in [1.165, 1.54) is 347 Å². The number of esters is 1. The maximum absolute atomic E-state index is 12.5. The number of unbranched alkanes of at least 4 members (excludes halogenated alkanes) is 57. The molecule has 0 bridgehead atoms. The first-order valence-corrected chi connectivity index (χ1v) is 36.0. The van der Waals surface area contributed by atoms with Gasteiger partial charge in [-0.25, -0.2) is 0 Å². The Labute approximate surface area is 489 Å². The van der Waals surface area contributed by atoms with Crippen molar-refractivity contribution in [3.05, 3.63) is 12.2 Å². The largest absolute Gasteiger partial charge is 0.466 e. The maximum atomic E-state index is 12.5. The van der Waals surface area contributed by atoms with Gasteiger partial charge in [0.15, 0.2) is 0 Å². The summed E-state index contributed by atoms with van der Waals surface area (Å²) in [6.07, 6.45) is 84.4. The number of aliphatic hydroxyl groups is 2. The second-order valence-electron chi connectivity index (χ2n) is 24.9. The summed E-state index contributed by atoms with van der Waals surface area (Å²) in [4.78, 5) is 24.6. The maximum Gasteiger partial charge on any atom is 0.305 e. The third kappa shape index (κ3) is 63.8. The summed E-state index contributed by atoms with van der Waals surface area (Å²) in [7, 11) is 0. The monoisotopic (exact) mass is 1100 g/mol. The van der Waals surface area contributed by atoms with Crippen molar-refractivity contribution in [1.82, 2.24) is 5.32 Å². The van der Waals surface area contributed by atoms with Gasteiger partial charge in [-0.1, -0.05) is 379 Å².